The number of nitrogens with zero attached hydrogens (tertiary/aromatic N) is 2. The molecule has 1 atom stereocenters. The molecule has 1 aromatic heterocycles. The number of rotatable bonds is 3. The van der Waals surface area contributed by atoms with Crippen molar-refractivity contribution in [2.24, 2.45) is 0 Å². The number of esters is 1. The van der Waals surface area contributed by atoms with Crippen LogP contribution >= 0.6 is 0 Å². The number of para-hydroxylation sites is 1. The molecule has 0 fully saturated rings. The van der Waals surface area contributed by atoms with Gasteiger partial charge in [0.1, 0.15) is 10.7 Å². The zero-order valence-electron chi connectivity index (χ0n) is 15.9. The Labute approximate surface area is 172 Å². The maximum atomic E-state index is 13.5. The number of ether oxygens (including phenoxy) is 1. The summed E-state index contributed by atoms with van der Waals surface area (Å²) in [5.74, 6) is -1.97. The lowest BCUT2D eigenvalue weighted by Gasteiger charge is -2.29. The van der Waals surface area contributed by atoms with Gasteiger partial charge in [-0.1, -0.05) is 12.1 Å². The molecule has 0 saturated carbocycles. The molecule has 1 aliphatic rings. The van der Waals surface area contributed by atoms with E-state index in [2.05, 4.69) is 0 Å². The summed E-state index contributed by atoms with van der Waals surface area (Å²) in [7, 11) is -4.08. The molecule has 0 saturated heterocycles. The van der Waals surface area contributed by atoms with Crippen molar-refractivity contribution in [2.45, 2.75) is 17.9 Å². The summed E-state index contributed by atoms with van der Waals surface area (Å²) >= 11 is 0. The van der Waals surface area contributed by atoms with Gasteiger partial charge >= 0.3 is 5.97 Å². The summed E-state index contributed by atoms with van der Waals surface area (Å²) in [5.41, 5.74) is 0.201. The SMILES string of the molecule is CCOC(=O)C1c2cccn2S(=O)(=O)c2ccccc2N1C(=O)c1ccc(F)cc1. The Balaban J connectivity index is 2.02. The highest BCUT2D eigenvalue weighted by molar-refractivity contribution is 7.90. The van der Waals surface area contributed by atoms with Crippen molar-refractivity contribution >= 4 is 27.6 Å². The Morgan fingerprint density at radius 3 is 2.43 bits per heavy atom. The van der Waals surface area contributed by atoms with E-state index in [1.54, 1.807) is 13.0 Å². The number of hydrogen-bond acceptors (Lipinski definition) is 5. The van der Waals surface area contributed by atoms with Crippen LogP contribution in [-0.2, 0) is 19.6 Å². The van der Waals surface area contributed by atoms with Crippen molar-refractivity contribution in [1.29, 1.82) is 0 Å². The number of fused-ring (bicyclic) bond motifs is 2. The fourth-order valence-corrected chi connectivity index (χ4v) is 5.03. The average Bonchev–Trinajstić information content (AvgIpc) is 3.19. The third-order valence-electron chi connectivity index (χ3n) is 4.76. The van der Waals surface area contributed by atoms with Gasteiger partial charge in [-0.15, -0.1) is 0 Å². The lowest BCUT2D eigenvalue weighted by Crippen LogP contribution is -2.40. The molecule has 0 bridgehead atoms. The second-order valence-electron chi connectivity index (χ2n) is 6.54. The van der Waals surface area contributed by atoms with E-state index in [9.17, 15) is 22.4 Å². The van der Waals surface area contributed by atoms with Gasteiger partial charge in [0.05, 0.1) is 18.0 Å². The Morgan fingerprint density at radius 2 is 1.73 bits per heavy atom. The molecule has 2 aromatic carbocycles. The normalized spacial score (nSPS) is 16.9. The van der Waals surface area contributed by atoms with Crippen molar-refractivity contribution in [3.8, 4) is 0 Å². The van der Waals surface area contributed by atoms with Crippen LogP contribution in [0.1, 0.15) is 29.0 Å². The molecular formula is C21H17FN2O5S. The first-order valence-electron chi connectivity index (χ1n) is 9.14. The predicted molar refractivity (Wildman–Crippen MR) is 106 cm³/mol. The quantitative estimate of drug-likeness (QED) is 0.599. The van der Waals surface area contributed by atoms with Crippen LogP contribution in [0.4, 0.5) is 10.1 Å². The molecular weight excluding hydrogens is 411 g/mol. The highest BCUT2D eigenvalue weighted by Crippen LogP contribution is 2.39. The predicted octanol–water partition coefficient (Wildman–Crippen LogP) is 3.13. The molecule has 2 heterocycles. The van der Waals surface area contributed by atoms with Gasteiger partial charge in [-0.05, 0) is 55.5 Å². The standard InChI is InChI=1S/C21H17FN2O5S/c1-2-29-21(26)19-17-7-5-13-23(17)30(27,28)18-8-4-3-6-16(18)24(19)20(25)14-9-11-15(22)12-10-14/h3-13,19H,2H2,1H3. The molecule has 7 nitrogen and oxygen atoms in total. The number of anilines is 1. The summed E-state index contributed by atoms with van der Waals surface area (Å²) in [6.45, 7) is 1.66. The first-order valence-corrected chi connectivity index (χ1v) is 10.6. The Morgan fingerprint density at radius 1 is 1.03 bits per heavy atom. The first-order chi connectivity index (χ1) is 14.4. The number of carbonyl (C=O) groups excluding carboxylic acids is 2. The fourth-order valence-electron chi connectivity index (χ4n) is 3.47. The maximum Gasteiger partial charge on any atom is 0.335 e. The van der Waals surface area contributed by atoms with Gasteiger partial charge in [-0.3, -0.25) is 9.69 Å². The number of amides is 1. The molecule has 1 unspecified atom stereocenters. The van der Waals surface area contributed by atoms with Crippen LogP contribution in [0, 0.1) is 5.82 Å². The number of carbonyl (C=O) groups is 2. The lowest BCUT2D eigenvalue weighted by atomic mass is 10.1. The van der Waals surface area contributed by atoms with Crippen molar-refractivity contribution in [1.82, 2.24) is 3.97 Å². The van der Waals surface area contributed by atoms with E-state index < -0.39 is 33.8 Å². The number of benzene rings is 2. The third-order valence-corrected chi connectivity index (χ3v) is 6.51. The minimum atomic E-state index is -4.08. The summed E-state index contributed by atoms with van der Waals surface area (Å²) in [6.07, 6.45) is 1.32. The van der Waals surface area contributed by atoms with Gasteiger partial charge in [0.15, 0.2) is 6.04 Å². The monoisotopic (exact) mass is 428 g/mol. The lowest BCUT2D eigenvalue weighted by molar-refractivity contribution is -0.144. The molecule has 4 rings (SSSR count). The van der Waals surface area contributed by atoms with Crippen LogP contribution in [0.25, 0.3) is 0 Å². The summed E-state index contributed by atoms with van der Waals surface area (Å²) in [6, 6.07) is 12.3. The van der Waals surface area contributed by atoms with Crippen molar-refractivity contribution in [3.05, 3.63) is 83.9 Å². The highest BCUT2D eigenvalue weighted by Gasteiger charge is 2.43. The van der Waals surface area contributed by atoms with E-state index in [4.69, 9.17) is 4.74 Å². The van der Waals surface area contributed by atoms with Gasteiger partial charge in [0, 0.05) is 11.8 Å². The number of hydrogen-bond donors (Lipinski definition) is 0. The average molecular weight is 428 g/mol. The summed E-state index contributed by atoms with van der Waals surface area (Å²) in [5, 5.41) is 0. The highest BCUT2D eigenvalue weighted by atomic mass is 32.2. The van der Waals surface area contributed by atoms with Crippen LogP contribution in [-0.4, -0.2) is 30.9 Å². The molecule has 0 aliphatic carbocycles. The molecule has 0 radical (unpaired) electrons. The first kappa shape index (κ1) is 19.8. The Hall–Kier alpha value is -3.46. The van der Waals surface area contributed by atoms with Crippen LogP contribution in [0.2, 0.25) is 0 Å². The molecule has 3 aromatic rings. The van der Waals surface area contributed by atoms with Crippen LogP contribution in [0.15, 0.2) is 71.8 Å². The van der Waals surface area contributed by atoms with Gasteiger partial charge < -0.3 is 4.74 Å². The summed E-state index contributed by atoms with van der Waals surface area (Å²) in [4.78, 5) is 27.4. The van der Waals surface area contributed by atoms with E-state index in [0.717, 1.165) is 21.0 Å². The minimum Gasteiger partial charge on any atom is -0.464 e. The molecule has 1 amide bonds. The Kier molecular flexibility index (Phi) is 4.90. The number of halogens is 1. The molecule has 0 N–H and O–H groups in total. The number of aromatic nitrogens is 1. The molecule has 0 spiro atoms. The van der Waals surface area contributed by atoms with E-state index in [1.165, 1.54) is 48.7 Å². The van der Waals surface area contributed by atoms with Crippen LogP contribution < -0.4 is 4.90 Å². The molecule has 1 aliphatic heterocycles. The van der Waals surface area contributed by atoms with Gasteiger partial charge in [0.2, 0.25) is 0 Å². The molecule has 30 heavy (non-hydrogen) atoms. The second-order valence-corrected chi connectivity index (χ2v) is 8.32. The minimum absolute atomic E-state index is 0.0357. The van der Waals surface area contributed by atoms with Crippen LogP contribution in [0.3, 0.4) is 0 Å². The van der Waals surface area contributed by atoms with Crippen molar-refractivity contribution in [2.75, 3.05) is 11.5 Å². The second kappa shape index (κ2) is 7.42. The molecule has 9 heteroatoms. The fraction of sp³-hybridized carbons (Fsp3) is 0.143. The zero-order valence-corrected chi connectivity index (χ0v) is 16.7. The van der Waals surface area contributed by atoms with Crippen molar-refractivity contribution in [3.63, 3.8) is 0 Å². The molecule has 154 valence electrons. The van der Waals surface area contributed by atoms with E-state index >= 15 is 0 Å². The van der Waals surface area contributed by atoms with Gasteiger partial charge in [-0.2, -0.15) is 0 Å². The maximum absolute atomic E-state index is 13.5. The van der Waals surface area contributed by atoms with E-state index in [1.807, 2.05) is 0 Å². The zero-order chi connectivity index (χ0) is 21.5. The third kappa shape index (κ3) is 3.07. The topological polar surface area (TPSA) is 85.7 Å². The smallest absolute Gasteiger partial charge is 0.335 e. The van der Waals surface area contributed by atoms with E-state index in [0.29, 0.717) is 0 Å². The summed E-state index contributed by atoms with van der Waals surface area (Å²) < 4.78 is 46.1. The van der Waals surface area contributed by atoms with Gasteiger partial charge in [-0.25, -0.2) is 21.6 Å². The van der Waals surface area contributed by atoms with Gasteiger partial charge in [0.25, 0.3) is 15.9 Å². The Bertz CT molecular complexity index is 1230. The van der Waals surface area contributed by atoms with E-state index in [-0.39, 0.29) is 28.4 Å². The largest absolute Gasteiger partial charge is 0.464 e. The van der Waals surface area contributed by atoms with Crippen molar-refractivity contribution < 1.29 is 27.1 Å². The van der Waals surface area contributed by atoms with Crippen LogP contribution in [0.5, 0.6) is 0 Å².